The number of ketones is 1. The van der Waals surface area contributed by atoms with Crippen molar-refractivity contribution in [2.75, 3.05) is 65.7 Å². The number of nitrogens with zero attached hydrogens (tertiary/aromatic N) is 2. The number of morpholine rings is 2. The number of hydrogen-bond acceptors (Lipinski definition) is 7. The molecule has 2 aliphatic heterocycles. The van der Waals surface area contributed by atoms with E-state index in [2.05, 4.69) is 10.2 Å². The second kappa shape index (κ2) is 11.7. The topological polar surface area (TPSA) is 88.2 Å². The van der Waals surface area contributed by atoms with E-state index in [1.54, 1.807) is 12.1 Å². The summed E-state index contributed by atoms with van der Waals surface area (Å²) in [6.45, 7) is 4.87. The van der Waals surface area contributed by atoms with Crippen LogP contribution in [0.2, 0.25) is 5.02 Å². The number of hydrogen-bond donors (Lipinski definition) is 1. The van der Waals surface area contributed by atoms with Crippen molar-refractivity contribution in [1.29, 1.82) is 0 Å². The molecule has 0 aliphatic carbocycles. The minimum Gasteiger partial charge on any atom is -0.379 e. The molecule has 1 unspecified atom stereocenters. The van der Waals surface area contributed by atoms with Crippen LogP contribution in [0.1, 0.15) is 22.0 Å². The number of halogens is 1. The molecule has 184 valence electrons. The molecule has 0 spiro atoms. The Bertz CT molecular complexity index is 1090. The van der Waals surface area contributed by atoms with E-state index in [1.165, 1.54) is 16.4 Å². The number of carbonyl (C=O) groups excluding carboxylic acids is 1. The lowest BCUT2D eigenvalue weighted by Gasteiger charge is -2.35. The van der Waals surface area contributed by atoms with Gasteiger partial charge in [0.15, 0.2) is 5.78 Å². The van der Waals surface area contributed by atoms with Crippen molar-refractivity contribution < 1.29 is 22.7 Å². The third-order valence-corrected chi connectivity index (χ3v) is 8.38. The highest BCUT2D eigenvalue weighted by Gasteiger charge is 2.27. The Labute approximate surface area is 205 Å². The molecule has 0 amide bonds. The van der Waals surface area contributed by atoms with Crippen LogP contribution in [0.4, 0.5) is 0 Å². The molecular formula is C24H30ClN3O5S. The predicted molar refractivity (Wildman–Crippen MR) is 130 cm³/mol. The Morgan fingerprint density at radius 1 is 0.971 bits per heavy atom. The van der Waals surface area contributed by atoms with Gasteiger partial charge in [0.25, 0.3) is 0 Å². The Morgan fingerprint density at radius 3 is 2.35 bits per heavy atom. The van der Waals surface area contributed by atoms with Gasteiger partial charge in [-0.05, 0) is 23.8 Å². The normalized spacial score (nSPS) is 19.1. The summed E-state index contributed by atoms with van der Waals surface area (Å²) in [6, 6.07) is 14.0. The number of sulfonamides is 1. The molecule has 0 radical (unpaired) electrons. The molecule has 2 heterocycles. The fourth-order valence-corrected chi connectivity index (χ4v) is 5.98. The number of ether oxygens (including phenoxy) is 2. The lowest BCUT2D eigenvalue weighted by atomic mass is 10.0. The van der Waals surface area contributed by atoms with E-state index >= 15 is 0 Å². The van der Waals surface area contributed by atoms with E-state index in [0.29, 0.717) is 56.6 Å². The fourth-order valence-electron chi connectivity index (χ4n) is 4.26. The van der Waals surface area contributed by atoms with Crippen LogP contribution in [0, 0.1) is 0 Å². The van der Waals surface area contributed by atoms with Crippen LogP contribution in [-0.2, 0) is 19.5 Å². The van der Waals surface area contributed by atoms with Gasteiger partial charge in [0, 0.05) is 49.4 Å². The van der Waals surface area contributed by atoms with E-state index in [0.717, 1.165) is 18.7 Å². The lowest BCUT2D eigenvalue weighted by molar-refractivity contribution is 0.0162. The van der Waals surface area contributed by atoms with E-state index in [1.807, 2.05) is 24.3 Å². The van der Waals surface area contributed by atoms with Gasteiger partial charge in [-0.3, -0.25) is 9.69 Å². The molecule has 2 fully saturated rings. The predicted octanol–water partition coefficient (Wildman–Crippen LogP) is 2.21. The standard InChI is InChI=1S/C24H30ClN3O5S/c25-22-7-2-1-6-21(22)23(27-8-12-32-13-9-27)17-26-18-24(29)19-4-3-5-20(16-19)34(30,31)28-10-14-33-15-11-28/h1-7,16,23,26H,8-15,17-18H2. The fraction of sp³-hybridized carbons (Fsp3) is 0.458. The summed E-state index contributed by atoms with van der Waals surface area (Å²) in [5.41, 5.74) is 1.37. The Balaban J connectivity index is 1.42. The molecule has 0 aromatic heterocycles. The first-order chi connectivity index (χ1) is 16.5. The van der Waals surface area contributed by atoms with E-state index in [9.17, 15) is 13.2 Å². The highest BCUT2D eigenvalue weighted by atomic mass is 35.5. The molecule has 2 saturated heterocycles. The summed E-state index contributed by atoms with van der Waals surface area (Å²) in [5, 5.41) is 3.95. The molecule has 2 aromatic rings. The number of Topliss-reactive ketones (excluding diaryl/α,β-unsaturated/α-hetero) is 1. The first-order valence-corrected chi connectivity index (χ1v) is 13.3. The van der Waals surface area contributed by atoms with Crippen LogP contribution in [0.3, 0.4) is 0 Å². The summed E-state index contributed by atoms with van der Waals surface area (Å²) in [6.07, 6.45) is 0. The van der Waals surface area contributed by atoms with Crippen molar-refractivity contribution in [3.63, 3.8) is 0 Å². The Morgan fingerprint density at radius 2 is 1.65 bits per heavy atom. The zero-order valence-electron chi connectivity index (χ0n) is 19.0. The van der Waals surface area contributed by atoms with Crippen LogP contribution in [0.25, 0.3) is 0 Å². The highest BCUT2D eigenvalue weighted by Crippen LogP contribution is 2.28. The molecule has 2 aliphatic rings. The smallest absolute Gasteiger partial charge is 0.243 e. The summed E-state index contributed by atoms with van der Waals surface area (Å²) in [5.74, 6) is -0.168. The average Bonchev–Trinajstić information content (AvgIpc) is 2.88. The zero-order valence-corrected chi connectivity index (χ0v) is 20.6. The first-order valence-electron chi connectivity index (χ1n) is 11.4. The molecule has 1 N–H and O–H groups in total. The van der Waals surface area contributed by atoms with Gasteiger partial charge in [0.05, 0.1) is 37.9 Å². The van der Waals surface area contributed by atoms with E-state index < -0.39 is 10.0 Å². The van der Waals surface area contributed by atoms with Gasteiger partial charge in [-0.25, -0.2) is 8.42 Å². The second-order valence-corrected chi connectivity index (χ2v) is 10.6. The molecule has 10 heteroatoms. The molecule has 2 aromatic carbocycles. The van der Waals surface area contributed by atoms with Gasteiger partial charge in [-0.1, -0.05) is 41.9 Å². The Kier molecular flexibility index (Phi) is 8.70. The minimum absolute atomic E-state index is 0.00145. The van der Waals surface area contributed by atoms with Gasteiger partial charge in [-0.2, -0.15) is 4.31 Å². The number of nitrogens with one attached hydrogen (secondary N) is 1. The molecule has 8 nitrogen and oxygen atoms in total. The highest BCUT2D eigenvalue weighted by molar-refractivity contribution is 7.89. The van der Waals surface area contributed by atoms with Gasteiger partial charge < -0.3 is 14.8 Å². The van der Waals surface area contributed by atoms with Crippen LogP contribution in [0.15, 0.2) is 53.4 Å². The van der Waals surface area contributed by atoms with Gasteiger partial charge in [-0.15, -0.1) is 0 Å². The summed E-state index contributed by atoms with van der Waals surface area (Å²) in [4.78, 5) is 15.3. The zero-order chi connectivity index (χ0) is 24.0. The quantitative estimate of drug-likeness (QED) is 0.520. The lowest BCUT2D eigenvalue weighted by Crippen LogP contribution is -2.43. The summed E-state index contributed by atoms with van der Waals surface area (Å²) in [7, 11) is -3.66. The summed E-state index contributed by atoms with van der Waals surface area (Å²) < 4.78 is 38.0. The molecule has 0 saturated carbocycles. The third kappa shape index (κ3) is 6.04. The van der Waals surface area contributed by atoms with Gasteiger partial charge in [0.1, 0.15) is 0 Å². The van der Waals surface area contributed by atoms with E-state index in [-0.39, 0.29) is 23.3 Å². The second-order valence-electron chi connectivity index (χ2n) is 8.28. The maximum atomic E-state index is 12.9. The SMILES string of the molecule is O=C(CNCC(c1ccccc1Cl)N1CCOCC1)c1cccc(S(=O)(=O)N2CCOCC2)c1. The van der Waals surface area contributed by atoms with Crippen molar-refractivity contribution in [1.82, 2.24) is 14.5 Å². The van der Waals surface area contributed by atoms with Crippen molar-refractivity contribution in [3.8, 4) is 0 Å². The van der Waals surface area contributed by atoms with Crippen LogP contribution >= 0.6 is 11.6 Å². The maximum absolute atomic E-state index is 12.9. The average molecular weight is 508 g/mol. The van der Waals surface area contributed by atoms with Crippen molar-refractivity contribution in [2.45, 2.75) is 10.9 Å². The van der Waals surface area contributed by atoms with Crippen LogP contribution in [-0.4, -0.2) is 89.1 Å². The van der Waals surface area contributed by atoms with Crippen molar-refractivity contribution in [2.24, 2.45) is 0 Å². The summed E-state index contributed by atoms with van der Waals surface area (Å²) >= 11 is 6.48. The van der Waals surface area contributed by atoms with Gasteiger partial charge in [0.2, 0.25) is 10.0 Å². The van der Waals surface area contributed by atoms with Crippen molar-refractivity contribution >= 4 is 27.4 Å². The minimum atomic E-state index is -3.66. The van der Waals surface area contributed by atoms with Crippen molar-refractivity contribution in [3.05, 3.63) is 64.7 Å². The number of carbonyl (C=O) groups is 1. The molecular weight excluding hydrogens is 478 g/mol. The molecule has 1 atom stereocenters. The monoisotopic (exact) mass is 507 g/mol. The van der Waals surface area contributed by atoms with Gasteiger partial charge >= 0.3 is 0 Å². The largest absolute Gasteiger partial charge is 0.379 e. The molecule has 0 bridgehead atoms. The molecule has 34 heavy (non-hydrogen) atoms. The van der Waals surface area contributed by atoms with Crippen LogP contribution in [0.5, 0.6) is 0 Å². The first kappa shape index (κ1) is 25.2. The molecule has 4 rings (SSSR count). The number of benzene rings is 2. The Hall–Kier alpha value is -1.85. The maximum Gasteiger partial charge on any atom is 0.243 e. The van der Waals surface area contributed by atoms with E-state index in [4.69, 9.17) is 21.1 Å². The third-order valence-electron chi connectivity index (χ3n) is 6.14. The number of rotatable bonds is 9. The van der Waals surface area contributed by atoms with Crippen LogP contribution < -0.4 is 5.32 Å².